The van der Waals surface area contributed by atoms with Crippen LogP contribution in [0.2, 0.25) is 0 Å². The fraction of sp³-hybridized carbons (Fsp3) is 0.577. The summed E-state index contributed by atoms with van der Waals surface area (Å²) in [7, 11) is 0. The highest BCUT2D eigenvalue weighted by Gasteiger charge is 2.49. The number of aliphatic hydroxyl groups excluding tert-OH is 3. The van der Waals surface area contributed by atoms with Crippen LogP contribution in [0.15, 0.2) is 35.9 Å². The topological polar surface area (TPSA) is 120 Å². The summed E-state index contributed by atoms with van der Waals surface area (Å²) in [5, 5.41) is 36.5. The van der Waals surface area contributed by atoms with Gasteiger partial charge in [-0.15, -0.1) is 23.4 Å². The molecule has 1 aromatic carbocycles. The minimum Gasteiger partial charge on any atom is -0.388 e. The molecule has 0 aromatic heterocycles. The number of halogens is 2. The van der Waals surface area contributed by atoms with Crippen molar-refractivity contribution in [2.45, 2.75) is 66.8 Å². The van der Waals surface area contributed by atoms with Crippen LogP contribution < -0.4 is 10.6 Å². The Bertz CT molecular complexity index is 1060. The smallest absolute Gasteiger partial charge is 0.240 e. The molecule has 1 aromatic rings. The number of aliphatic hydroxyl groups is 3. The number of hydrogen-bond acceptors (Lipinski definition) is 8. The van der Waals surface area contributed by atoms with Crippen molar-refractivity contribution in [1.82, 2.24) is 10.6 Å². The summed E-state index contributed by atoms with van der Waals surface area (Å²) < 4.78 is 25.3. The van der Waals surface area contributed by atoms with Crippen molar-refractivity contribution in [1.29, 1.82) is 0 Å². The number of amides is 1. The summed E-state index contributed by atoms with van der Waals surface area (Å²) in [6.07, 6.45) is -1.34. The molecule has 5 N–H and O–H groups in total. The number of benzene rings is 1. The van der Waals surface area contributed by atoms with E-state index in [1.807, 2.05) is 6.08 Å². The molecule has 0 radical (unpaired) electrons. The minimum absolute atomic E-state index is 0.101. The van der Waals surface area contributed by atoms with Crippen molar-refractivity contribution in [2.24, 2.45) is 5.92 Å². The molecule has 10 atom stereocenters. The van der Waals surface area contributed by atoms with Gasteiger partial charge in [-0.3, -0.25) is 4.79 Å². The molecule has 0 saturated carbocycles. The molecule has 3 aliphatic rings. The van der Waals surface area contributed by atoms with Crippen molar-refractivity contribution >= 4 is 29.3 Å². The normalized spacial score (nSPS) is 35.3. The number of thioether (sulfide) groups is 1. The van der Waals surface area contributed by atoms with Crippen LogP contribution in [0.3, 0.4) is 0 Å². The van der Waals surface area contributed by atoms with Crippen molar-refractivity contribution < 1.29 is 34.0 Å². The fourth-order valence-corrected chi connectivity index (χ4v) is 5.79. The molecule has 3 heterocycles. The Balaban J connectivity index is 1.45. The maximum atomic E-state index is 13.4. The van der Waals surface area contributed by atoms with E-state index in [1.165, 1.54) is 23.9 Å². The molecule has 3 aliphatic heterocycles. The second-order valence-corrected chi connectivity index (χ2v) is 11.1. The molecule has 4 rings (SSSR count). The molecule has 2 saturated heterocycles. The van der Waals surface area contributed by atoms with Gasteiger partial charge in [0.05, 0.1) is 24.1 Å². The van der Waals surface area contributed by atoms with E-state index in [4.69, 9.17) is 21.1 Å². The van der Waals surface area contributed by atoms with Gasteiger partial charge in [0.25, 0.3) is 0 Å². The average Bonchev–Trinajstić information content (AvgIpc) is 3.15. The number of fused-ring (bicyclic) bond motifs is 1. The standard InChI is InChI=1S/C26H32ClFN2O6S/c1-13(27)18(24-21(32)20(31)22(33)26(36-24)37-2)30-25(34)19-23-16(12-29-19)10-15(8-9-35-23)7-6-14-4-3-5-17(28)11-14/h3-5,10-11,13,16,18-24,26,29,31-33H,8-9,12H2,1-2H3,(H,30,34)/t13-,16-,18+,19-,20+,21?,22+,23+,24+,26?/m0/s1. The quantitative estimate of drug-likeness (QED) is 0.267. The van der Waals surface area contributed by atoms with Crippen LogP contribution in [0, 0.1) is 23.6 Å². The largest absolute Gasteiger partial charge is 0.388 e. The van der Waals surface area contributed by atoms with Crippen LogP contribution in [0.5, 0.6) is 0 Å². The number of rotatable bonds is 5. The van der Waals surface area contributed by atoms with Gasteiger partial charge < -0.3 is 35.4 Å². The first-order valence-corrected chi connectivity index (χ1v) is 13.9. The van der Waals surface area contributed by atoms with E-state index in [1.54, 1.807) is 25.3 Å². The lowest BCUT2D eigenvalue weighted by Crippen LogP contribution is -2.65. The maximum absolute atomic E-state index is 13.4. The second-order valence-electron chi connectivity index (χ2n) is 9.48. The van der Waals surface area contributed by atoms with Crippen LogP contribution in [-0.4, -0.2) is 94.1 Å². The van der Waals surface area contributed by atoms with Crippen LogP contribution >= 0.6 is 23.4 Å². The van der Waals surface area contributed by atoms with Crippen molar-refractivity contribution in [3.63, 3.8) is 0 Å². The average molecular weight is 555 g/mol. The molecular formula is C26H32ClFN2O6S. The van der Waals surface area contributed by atoms with E-state index in [0.29, 0.717) is 25.1 Å². The molecule has 37 heavy (non-hydrogen) atoms. The summed E-state index contributed by atoms with van der Waals surface area (Å²) in [5.41, 5.74) is 0.662. The summed E-state index contributed by atoms with van der Waals surface area (Å²) in [6, 6.07) is 4.59. The lowest BCUT2D eigenvalue weighted by molar-refractivity contribution is -0.205. The predicted octanol–water partition coefficient (Wildman–Crippen LogP) is 0.763. The predicted molar refractivity (Wildman–Crippen MR) is 138 cm³/mol. The third kappa shape index (κ3) is 6.49. The first-order chi connectivity index (χ1) is 17.7. The molecule has 202 valence electrons. The number of alkyl halides is 1. The number of hydrogen-bond donors (Lipinski definition) is 5. The van der Waals surface area contributed by atoms with Gasteiger partial charge in [-0.25, -0.2) is 4.39 Å². The number of carbonyl (C=O) groups is 1. The van der Waals surface area contributed by atoms with Crippen LogP contribution in [0.1, 0.15) is 18.9 Å². The van der Waals surface area contributed by atoms with E-state index in [2.05, 4.69) is 22.5 Å². The highest BCUT2D eigenvalue weighted by Crippen LogP contribution is 2.31. The van der Waals surface area contributed by atoms with Gasteiger partial charge >= 0.3 is 0 Å². The zero-order chi connectivity index (χ0) is 26.7. The lowest BCUT2D eigenvalue weighted by atomic mass is 9.92. The van der Waals surface area contributed by atoms with Gasteiger partial charge in [0, 0.05) is 30.0 Å². The monoisotopic (exact) mass is 554 g/mol. The third-order valence-corrected chi connectivity index (χ3v) is 8.02. The first-order valence-electron chi connectivity index (χ1n) is 12.2. The van der Waals surface area contributed by atoms with Crippen molar-refractivity contribution in [3.05, 3.63) is 47.3 Å². The molecule has 8 nitrogen and oxygen atoms in total. The molecule has 11 heteroatoms. The zero-order valence-corrected chi connectivity index (χ0v) is 22.1. The van der Waals surface area contributed by atoms with Gasteiger partial charge in [0.1, 0.15) is 41.7 Å². The zero-order valence-electron chi connectivity index (χ0n) is 20.5. The van der Waals surface area contributed by atoms with Gasteiger partial charge in [-0.2, -0.15) is 0 Å². The third-order valence-electron chi connectivity index (χ3n) is 6.89. The van der Waals surface area contributed by atoms with Gasteiger partial charge in [0.15, 0.2) is 0 Å². The molecule has 0 aliphatic carbocycles. The molecule has 1 amide bonds. The molecule has 0 spiro atoms. The van der Waals surface area contributed by atoms with E-state index in [9.17, 15) is 24.5 Å². The number of nitrogens with one attached hydrogen (secondary N) is 2. The van der Waals surface area contributed by atoms with Crippen LogP contribution in [0.4, 0.5) is 4.39 Å². The SMILES string of the molecule is CSC1O[C@H]([C@H](NC(=O)[C@H]2NC[C@@H]3C=C(C#Cc4cccc(F)c4)CCO[C@@H]23)[C@H](C)Cl)C(O)[C@@H](O)[C@H]1O. The Morgan fingerprint density at radius 2 is 2.05 bits per heavy atom. The maximum Gasteiger partial charge on any atom is 0.240 e. The molecule has 0 bridgehead atoms. The summed E-state index contributed by atoms with van der Waals surface area (Å²) >= 11 is 7.58. The second kappa shape index (κ2) is 12.5. The van der Waals surface area contributed by atoms with Gasteiger partial charge in [0.2, 0.25) is 5.91 Å². The molecule has 2 fully saturated rings. The minimum atomic E-state index is -1.44. The Labute approximate surface area is 224 Å². The van der Waals surface area contributed by atoms with E-state index >= 15 is 0 Å². The molecular weight excluding hydrogens is 523 g/mol. The number of carbonyl (C=O) groups excluding carboxylic acids is 1. The highest BCUT2D eigenvalue weighted by atomic mass is 35.5. The Hall–Kier alpha value is -1.68. The van der Waals surface area contributed by atoms with Crippen molar-refractivity contribution in [3.8, 4) is 11.8 Å². The summed E-state index contributed by atoms with van der Waals surface area (Å²) in [5.74, 6) is 5.27. The fourth-order valence-electron chi connectivity index (χ4n) is 4.91. The first kappa shape index (κ1) is 28.3. The Morgan fingerprint density at radius 1 is 1.27 bits per heavy atom. The van der Waals surface area contributed by atoms with Crippen LogP contribution in [-0.2, 0) is 14.3 Å². The van der Waals surface area contributed by atoms with E-state index < -0.39 is 53.4 Å². The Morgan fingerprint density at radius 3 is 2.76 bits per heavy atom. The number of ether oxygens (including phenoxy) is 2. The van der Waals surface area contributed by atoms with Crippen LogP contribution in [0.25, 0.3) is 0 Å². The van der Waals surface area contributed by atoms with Gasteiger partial charge in [-0.1, -0.05) is 24.0 Å². The molecule has 2 unspecified atom stereocenters. The lowest BCUT2D eigenvalue weighted by Gasteiger charge is -2.44. The van der Waals surface area contributed by atoms with Crippen molar-refractivity contribution in [2.75, 3.05) is 19.4 Å². The summed E-state index contributed by atoms with van der Waals surface area (Å²) in [6.45, 7) is 2.53. The van der Waals surface area contributed by atoms with E-state index in [0.717, 1.165) is 5.57 Å². The summed E-state index contributed by atoms with van der Waals surface area (Å²) in [4.78, 5) is 13.3. The van der Waals surface area contributed by atoms with Gasteiger partial charge in [-0.05, 0) is 31.4 Å². The Kier molecular flexibility index (Phi) is 9.53. The van der Waals surface area contributed by atoms with E-state index in [-0.39, 0.29) is 17.6 Å². The highest BCUT2D eigenvalue weighted by molar-refractivity contribution is 7.99.